The van der Waals surface area contributed by atoms with Crippen LogP contribution in [0.4, 0.5) is 0 Å². The zero-order valence-electron chi connectivity index (χ0n) is 6.67. The van der Waals surface area contributed by atoms with Crippen molar-refractivity contribution >= 4 is 0 Å². The van der Waals surface area contributed by atoms with Crippen molar-refractivity contribution in [2.45, 2.75) is 6.10 Å². The first-order valence-corrected chi connectivity index (χ1v) is 3.63. The van der Waals surface area contributed by atoms with Crippen LogP contribution in [-0.2, 0) is 9.47 Å². The van der Waals surface area contributed by atoms with Crippen LogP contribution in [0, 0.1) is 0 Å². The standard InChI is InChI=1S/C7H15NO2/c1-8(2)5-7-6-9-3-4-10-7/h7H,3-6H2,1-2H3. The summed E-state index contributed by atoms with van der Waals surface area (Å²) in [6.07, 6.45) is 0.281. The van der Waals surface area contributed by atoms with Crippen molar-refractivity contribution in [2.24, 2.45) is 0 Å². The van der Waals surface area contributed by atoms with E-state index in [0.717, 1.165) is 26.4 Å². The van der Waals surface area contributed by atoms with E-state index in [-0.39, 0.29) is 6.10 Å². The van der Waals surface area contributed by atoms with Crippen molar-refractivity contribution in [1.82, 2.24) is 4.90 Å². The van der Waals surface area contributed by atoms with Gasteiger partial charge in [-0.05, 0) is 14.1 Å². The van der Waals surface area contributed by atoms with Crippen LogP contribution in [0.15, 0.2) is 0 Å². The molecule has 60 valence electrons. The first-order valence-electron chi connectivity index (χ1n) is 3.63. The maximum Gasteiger partial charge on any atom is 0.0935 e. The Bertz CT molecular complexity index is 89.6. The summed E-state index contributed by atoms with van der Waals surface area (Å²) in [5, 5.41) is 0. The molecule has 3 nitrogen and oxygen atoms in total. The molecular formula is C7H15NO2. The SMILES string of the molecule is CN(C)CC1COCCO1. The topological polar surface area (TPSA) is 21.7 Å². The average Bonchev–Trinajstić information content (AvgIpc) is 1.88. The summed E-state index contributed by atoms with van der Waals surface area (Å²) in [7, 11) is 4.08. The fourth-order valence-electron chi connectivity index (χ4n) is 1.05. The molecule has 0 aromatic rings. The molecule has 1 rings (SSSR count). The highest BCUT2D eigenvalue weighted by atomic mass is 16.6. The molecule has 0 N–H and O–H groups in total. The second-order valence-electron chi connectivity index (χ2n) is 2.83. The second kappa shape index (κ2) is 3.91. The van der Waals surface area contributed by atoms with Gasteiger partial charge in [0.2, 0.25) is 0 Å². The van der Waals surface area contributed by atoms with Crippen LogP contribution < -0.4 is 0 Å². The Morgan fingerprint density at radius 2 is 2.20 bits per heavy atom. The van der Waals surface area contributed by atoms with Crippen molar-refractivity contribution in [3.05, 3.63) is 0 Å². The summed E-state index contributed by atoms with van der Waals surface area (Å²) in [4.78, 5) is 2.11. The van der Waals surface area contributed by atoms with E-state index < -0.39 is 0 Å². The molecule has 1 aliphatic heterocycles. The molecule has 0 radical (unpaired) electrons. The van der Waals surface area contributed by atoms with Gasteiger partial charge in [0, 0.05) is 6.54 Å². The molecule has 3 heteroatoms. The van der Waals surface area contributed by atoms with Crippen molar-refractivity contribution in [3.8, 4) is 0 Å². The van der Waals surface area contributed by atoms with Crippen LogP contribution >= 0.6 is 0 Å². The van der Waals surface area contributed by atoms with Crippen LogP contribution in [0.2, 0.25) is 0 Å². The van der Waals surface area contributed by atoms with E-state index in [4.69, 9.17) is 9.47 Å². The average molecular weight is 145 g/mol. The van der Waals surface area contributed by atoms with Gasteiger partial charge in [0.05, 0.1) is 25.9 Å². The van der Waals surface area contributed by atoms with Gasteiger partial charge >= 0.3 is 0 Å². The fraction of sp³-hybridized carbons (Fsp3) is 1.00. The zero-order valence-corrected chi connectivity index (χ0v) is 6.67. The van der Waals surface area contributed by atoms with Crippen LogP contribution in [0.25, 0.3) is 0 Å². The zero-order chi connectivity index (χ0) is 7.40. The maximum atomic E-state index is 5.42. The number of nitrogens with zero attached hydrogens (tertiary/aromatic N) is 1. The van der Waals surface area contributed by atoms with E-state index >= 15 is 0 Å². The van der Waals surface area contributed by atoms with E-state index in [0.29, 0.717) is 0 Å². The summed E-state index contributed by atoms with van der Waals surface area (Å²) in [6.45, 7) is 3.21. The number of ether oxygens (including phenoxy) is 2. The quantitative estimate of drug-likeness (QED) is 0.544. The monoisotopic (exact) mass is 145 g/mol. The molecule has 0 aliphatic carbocycles. The molecule has 0 spiro atoms. The van der Waals surface area contributed by atoms with Crippen molar-refractivity contribution in [3.63, 3.8) is 0 Å². The minimum absolute atomic E-state index is 0.281. The molecule has 0 aromatic carbocycles. The van der Waals surface area contributed by atoms with Gasteiger partial charge in [-0.3, -0.25) is 0 Å². The van der Waals surface area contributed by atoms with Gasteiger partial charge in [0.15, 0.2) is 0 Å². The van der Waals surface area contributed by atoms with Gasteiger partial charge in [-0.2, -0.15) is 0 Å². The second-order valence-corrected chi connectivity index (χ2v) is 2.83. The fourth-order valence-corrected chi connectivity index (χ4v) is 1.05. The Morgan fingerprint density at radius 3 is 2.70 bits per heavy atom. The maximum absolute atomic E-state index is 5.42. The van der Waals surface area contributed by atoms with Crippen LogP contribution in [0.3, 0.4) is 0 Å². The lowest BCUT2D eigenvalue weighted by Crippen LogP contribution is -2.36. The van der Waals surface area contributed by atoms with Gasteiger partial charge in [0.1, 0.15) is 0 Å². The first kappa shape index (κ1) is 7.98. The molecule has 1 aliphatic rings. The molecule has 1 fully saturated rings. The minimum atomic E-state index is 0.281. The van der Waals surface area contributed by atoms with Gasteiger partial charge in [-0.15, -0.1) is 0 Å². The summed E-state index contributed by atoms with van der Waals surface area (Å²) in [6, 6.07) is 0. The summed E-state index contributed by atoms with van der Waals surface area (Å²) in [5.74, 6) is 0. The van der Waals surface area contributed by atoms with Gasteiger partial charge in [-0.1, -0.05) is 0 Å². The van der Waals surface area contributed by atoms with E-state index in [2.05, 4.69) is 4.90 Å². The predicted molar refractivity (Wildman–Crippen MR) is 39.1 cm³/mol. The van der Waals surface area contributed by atoms with E-state index in [1.54, 1.807) is 0 Å². The van der Waals surface area contributed by atoms with Crippen molar-refractivity contribution in [2.75, 3.05) is 40.5 Å². The predicted octanol–water partition coefficient (Wildman–Crippen LogP) is -0.0366. The van der Waals surface area contributed by atoms with Gasteiger partial charge in [-0.25, -0.2) is 0 Å². The molecule has 0 amide bonds. The van der Waals surface area contributed by atoms with E-state index in [1.807, 2.05) is 14.1 Å². The molecule has 1 atom stereocenters. The van der Waals surface area contributed by atoms with Gasteiger partial charge in [0.25, 0.3) is 0 Å². The molecular weight excluding hydrogens is 130 g/mol. The number of hydrogen-bond acceptors (Lipinski definition) is 3. The molecule has 0 saturated carbocycles. The third-order valence-electron chi connectivity index (χ3n) is 1.45. The largest absolute Gasteiger partial charge is 0.376 e. The molecule has 0 bridgehead atoms. The lowest BCUT2D eigenvalue weighted by Gasteiger charge is -2.25. The van der Waals surface area contributed by atoms with Crippen LogP contribution in [-0.4, -0.2) is 51.5 Å². The summed E-state index contributed by atoms with van der Waals surface area (Å²) in [5.41, 5.74) is 0. The highest BCUT2D eigenvalue weighted by Crippen LogP contribution is 2.00. The first-order chi connectivity index (χ1) is 4.79. The van der Waals surface area contributed by atoms with Crippen LogP contribution in [0.1, 0.15) is 0 Å². The normalized spacial score (nSPS) is 27.3. The number of hydrogen-bond donors (Lipinski definition) is 0. The number of likely N-dealkylation sites (N-methyl/N-ethyl adjacent to an activating group) is 1. The lowest BCUT2D eigenvalue weighted by atomic mass is 10.3. The van der Waals surface area contributed by atoms with Crippen molar-refractivity contribution < 1.29 is 9.47 Å². The summed E-state index contributed by atoms with van der Waals surface area (Å²) < 4.78 is 10.7. The Balaban J connectivity index is 2.13. The Morgan fingerprint density at radius 1 is 1.40 bits per heavy atom. The highest BCUT2D eigenvalue weighted by molar-refractivity contribution is 4.62. The molecule has 1 saturated heterocycles. The molecule has 0 aromatic heterocycles. The molecule has 1 heterocycles. The van der Waals surface area contributed by atoms with Crippen LogP contribution in [0.5, 0.6) is 0 Å². The smallest absolute Gasteiger partial charge is 0.0935 e. The van der Waals surface area contributed by atoms with Crippen molar-refractivity contribution in [1.29, 1.82) is 0 Å². The number of rotatable bonds is 2. The highest BCUT2D eigenvalue weighted by Gasteiger charge is 2.14. The molecule has 10 heavy (non-hydrogen) atoms. The Hall–Kier alpha value is -0.120. The Kier molecular flexibility index (Phi) is 3.12. The molecule has 1 unspecified atom stereocenters. The van der Waals surface area contributed by atoms with E-state index in [1.165, 1.54) is 0 Å². The summed E-state index contributed by atoms with van der Waals surface area (Å²) >= 11 is 0. The lowest BCUT2D eigenvalue weighted by molar-refractivity contribution is -0.0941. The third kappa shape index (κ3) is 2.64. The third-order valence-corrected chi connectivity index (χ3v) is 1.45. The Labute approximate surface area is 61.9 Å². The van der Waals surface area contributed by atoms with Gasteiger partial charge < -0.3 is 14.4 Å². The van der Waals surface area contributed by atoms with E-state index in [9.17, 15) is 0 Å². The minimum Gasteiger partial charge on any atom is -0.376 e.